The molecule has 2 fully saturated rings. The minimum Gasteiger partial charge on any atom is -0.299 e. The molecule has 1 nitrogen and oxygen atoms in total. The third-order valence-corrected chi connectivity index (χ3v) is 4.70. The highest BCUT2D eigenvalue weighted by Gasteiger charge is 2.55. The fourth-order valence-electron chi connectivity index (χ4n) is 3.58. The van der Waals surface area contributed by atoms with Gasteiger partial charge in [0.25, 0.3) is 0 Å². The maximum atomic E-state index is 12.6. The van der Waals surface area contributed by atoms with Crippen molar-refractivity contribution in [3.63, 3.8) is 0 Å². The first kappa shape index (κ1) is 11.7. The van der Waals surface area contributed by atoms with E-state index in [0.29, 0.717) is 17.6 Å². The molecule has 1 heteroatoms. The van der Waals surface area contributed by atoms with Crippen molar-refractivity contribution in [2.24, 2.45) is 17.3 Å². The van der Waals surface area contributed by atoms with Gasteiger partial charge < -0.3 is 0 Å². The molecule has 0 bridgehead atoms. The van der Waals surface area contributed by atoms with Crippen LogP contribution in [-0.4, -0.2) is 5.78 Å². The molecule has 2 aliphatic carbocycles. The number of allylic oxidation sites excluding steroid dienone is 1. The lowest BCUT2D eigenvalue weighted by molar-refractivity contribution is -0.132. The van der Waals surface area contributed by atoms with Crippen molar-refractivity contribution in [2.75, 3.05) is 0 Å². The van der Waals surface area contributed by atoms with Gasteiger partial charge in [-0.3, -0.25) is 4.79 Å². The molecule has 0 N–H and O–H groups in total. The zero-order valence-corrected chi connectivity index (χ0v) is 10.8. The molecule has 2 aliphatic rings. The number of rotatable bonds is 4. The topological polar surface area (TPSA) is 17.1 Å². The van der Waals surface area contributed by atoms with Gasteiger partial charge in [-0.1, -0.05) is 36.4 Å². The molecule has 0 heterocycles. The summed E-state index contributed by atoms with van der Waals surface area (Å²) in [7, 11) is 0. The molecular formula is C17H20O. The average molecular weight is 240 g/mol. The molecule has 94 valence electrons. The van der Waals surface area contributed by atoms with Gasteiger partial charge in [0.1, 0.15) is 5.78 Å². The zero-order chi connectivity index (χ0) is 12.6. The number of hydrogen-bond acceptors (Lipinski definition) is 1. The number of Topliss-reactive ketones (excluding diaryl/α,β-unsaturated/α-hetero) is 1. The van der Waals surface area contributed by atoms with E-state index < -0.39 is 0 Å². The second kappa shape index (κ2) is 4.38. The van der Waals surface area contributed by atoms with Gasteiger partial charge in [0.15, 0.2) is 0 Å². The van der Waals surface area contributed by atoms with Crippen LogP contribution in [0.15, 0.2) is 43.0 Å². The standard InChI is InChI=1S/C17H20O/c1-2-9-17(12-13-6-4-3-5-7-13)10-8-14-11-15(14)16(17)18/h2-7,14-15H,1,8-12H2/t14-,15+,17-/m1/s1. The minimum atomic E-state index is -0.152. The van der Waals surface area contributed by atoms with E-state index in [9.17, 15) is 4.79 Å². The molecule has 3 rings (SSSR count). The van der Waals surface area contributed by atoms with E-state index in [1.165, 1.54) is 12.0 Å². The number of ketones is 1. The number of fused-ring (bicyclic) bond motifs is 1. The van der Waals surface area contributed by atoms with Crippen LogP contribution in [0.5, 0.6) is 0 Å². The Kier molecular flexibility index (Phi) is 2.85. The molecule has 0 aromatic heterocycles. The molecule has 1 aromatic carbocycles. The second-order valence-electron chi connectivity index (χ2n) is 5.94. The Morgan fingerprint density at radius 1 is 1.33 bits per heavy atom. The summed E-state index contributed by atoms with van der Waals surface area (Å²) in [5, 5.41) is 0. The molecule has 1 aromatic rings. The fraction of sp³-hybridized carbons (Fsp3) is 0.471. The van der Waals surface area contributed by atoms with Crippen LogP contribution in [0.3, 0.4) is 0 Å². The van der Waals surface area contributed by atoms with Gasteiger partial charge in [-0.15, -0.1) is 6.58 Å². The summed E-state index contributed by atoms with van der Waals surface area (Å²) in [6.45, 7) is 3.86. The average Bonchev–Trinajstić information content (AvgIpc) is 3.16. The van der Waals surface area contributed by atoms with Gasteiger partial charge in [-0.05, 0) is 43.6 Å². The van der Waals surface area contributed by atoms with E-state index in [2.05, 4.69) is 30.8 Å². The van der Waals surface area contributed by atoms with Crippen LogP contribution in [0, 0.1) is 17.3 Å². The fourth-order valence-corrected chi connectivity index (χ4v) is 3.58. The largest absolute Gasteiger partial charge is 0.299 e. The predicted octanol–water partition coefficient (Wildman–Crippen LogP) is 3.79. The minimum absolute atomic E-state index is 0.152. The van der Waals surface area contributed by atoms with Crippen LogP contribution in [0.1, 0.15) is 31.2 Å². The lowest BCUT2D eigenvalue weighted by Gasteiger charge is -2.35. The van der Waals surface area contributed by atoms with E-state index >= 15 is 0 Å². The maximum Gasteiger partial charge on any atom is 0.143 e. The molecule has 0 saturated heterocycles. The van der Waals surface area contributed by atoms with E-state index in [1.807, 2.05) is 12.1 Å². The van der Waals surface area contributed by atoms with Crippen molar-refractivity contribution in [1.29, 1.82) is 0 Å². The number of hydrogen-bond donors (Lipinski definition) is 0. The van der Waals surface area contributed by atoms with E-state index in [4.69, 9.17) is 0 Å². The predicted molar refractivity (Wildman–Crippen MR) is 73.2 cm³/mol. The summed E-state index contributed by atoms with van der Waals surface area (Å²) in [6, 6.07) is 10.4. The lowest BCUT2D eigenvalue weighted by Crippen LogP contribution is -2.37. The molecule has 3 atom stereocenters. The SMILES string of the molecule is C=CC[C@]1(Cc2ccccc2)CC[C@@H]2C[C@@H]2C1=O. The Morgan fingerprint density at radius 3 is 2.83 bits per heavy atom. The highest BCUT2D eigenvalue weighted by atomic mass is 16.1. The molecule has 0 amide bonds. The van der Waals surface area contributed by atoms with Crippen molar-refractivity contribution < 1.29 is 4.79 Å². The third kappa shape index (κ3) is 1.92. The molecule has 18 heavy (non-hydrogen) atoms. The molecule has 0 unspecified atom stereocenters. The first-order valence-electron chi connectivity index (χ1n) is 6.94. The van der Waals surface area contributed by atoms with Crippen molar-refractivity contribution >= 4 is 5.78 Å². The maximum absolute atomic E-state index is 12.6. The lowest BCUT2D eigenvalue weighted by atomic mass is 9.67. The van der Waals surface area contributed by atoms with Crippen LogP contribution in [-0.2, 0) is 11.2 Å². The van der Waals surface area contributed by atoms with Gasteiger partial charge in [0.05, 0.1) is 0 Å². The van der Waals surface area contributed by atoms with E-state index in [-0.39, 0.29) is 5.41 Å². The summed E-state index contributed by atoms with van der Waals surface area (Å²) >= 11 is 0. The Hall–Kier alpha value is -1.37. The molecule has 0 spiro atoms. The number of carbonyl (C=O) groups excluding carboxylic acids is 1. The Labute approximate surface area is 109 Å². The Balaban J connectivity index is 1.86. The molecule has 2 saturated carbocycles. The first-order chi connectivity index (χ1) is 8.75. The van der Waals surface area contributed by atoms with Gasteiger partial charge in [0.2, 0.25) is 0 Å². The van der Waals surface area contributed by atoms with Crippen LogP contribution >= 0.6 is 0 Å². The monoisotopic (exact) mass is 240 g/mol. The van der Waals surface area contributed by atoms with E-state index in [0.717, 1.165) is 25.7 Å². The molecular weight excluding hydrogens is 220 g/mol. The molecule has 0 aliphatic heterocycles. The van der Waals surface area contributed by atoms with E-state index in [1.54, 1.807) is 0 Å². The Morgan fingerprint density at radius 2 is 2.11 bits per heavy atom. The molecule has 0 radical (unpaired) electrons. The number of benzene rings is 1. The van der Waals surface area contributed by atoms with Gasteiger partial charge in [0, 0.05) is 11.3 Å². The van der Waals surface area contributed by atoms with Crippen LogP contribution in [0.4, 0.5) is 0 Å². The van der Waals surface area contributed by atoms with Crippen molar-refractivity contribution in [2.45, 2.75) is 32.1 Å². The van der Waals surface area contributed by atoms with Crippen LogP contribution in [0.25, 0.3) is 0 Å². The smallest absolute Gasteiger partial charge is 0.143 e. The summed E-state index contributed by atoms with van der Waals surface area (Å²) in [5.74, 6) is 1.61. The Bertz CT molecular complexity index is 462. The zero-order valence-electron chi connectivity index (χ0n) is 10.8. The first-order valence-corrected chi connectivity index (χ1v) is 6.94. The highest BCUT2D eigenvalue weighted by Crippen LogP contribution is 2.55. The van der Waals surface area contributed by atoms with Crippen LogP contribution in [0.2, 0.25) is 0 Å². The third-order valence-electron chi connectivity index (χ3n) is 4.70. The van der Waals surface area contributed by atoms with Crippen molar-refractivity contribution in [3.05, 3.63) is 48.6 Å². The van der Waals surface area contributed by atoms with Crippen molar-refractivity contribution in [3.8, 4) is 0 Å². The summed E-state index contributed by atoms with van der Waals surface area (Å²) in [5.41, 5.74) is 1.13. The summed E-state index contributed by atoms with van der Waals surface area (Å²) in [4.78, 5) is 12.6. The highest BCUT2D eigenvalue weighted by molar-refractivity contribution is 5.90. The van der Waals surface area contributed by atoms with Crippen LogP contribution < -0.4 is 0 Å². The summed E-state index contributed by atoms with van der Waals surface area (Å²) in [6.07, 6.45) is 7.09. The van der Waals surface area contributed by atoms with Gasteiger partial charge in [-0.25, -0.2) is 0 Å². The summed E-state index contributed by atoms with van der Waals surface area (Å²) < 4.78 is 0. The van der Waals surface area contributed by atoms with Gasteiger partial charge in [-0.2, -0.15) is 0 Å². The van der Waals surface area contributed by atoms with Gasteiger partial charge >= 0.3 is 0 Å². The van der Waals surface area contributed by atoms with Crippen molar-refractivity contribution in [1.82, 2.24) is 0 Å². The number of carbonyl (C=O) groups is 1. The second-order valence-corrected chi connectivity index (χ2v) is 5.94. The normalized spacial score (nSPS) is 33.9. The quantitative estimate of drug-likeness (QED) is 0.732.